The number of ketones is 1. The van der Waals surface area contributed by atoms with Gasteiger partial charge in [0.05, 0.1) is 23.7 Å². The van der Waals surface area contributed by atoms with E-state index in [-0.39, 0.29) is 40.5 Å². The molecule has 0 amide bonds. The monoisotopic (exact) mass is 428 g/mol. The summed E-state index contributed by atoms with van der Waals surface area (Å²) in [5.41, 5.74) is 1.55. The van der Waals surface area contributed by atoms with Crippen molar-refractivity contribution in [1.82, 2.24) is 0 Å². The molecule has 0 unspecified atom stereocenters. The first-order valence-corrected chi connectivity index (χ1v) is 12.1. The van der Waals surface area contributed by atoms with Crippen molar-refractivity contribution >= 4 is 5.78 Å². The Kier molecular flexibility index (Phi) is 5.68. The first kappa shape index (κ1) is 22.9. The van der Waals surface area contributed by atoms with Gasteiger partial charge in [0.1, 0.15) is 5.78 Å². The number of carbonyl (C=O) groups is 1. The predicted octanol–water partition coefficient (Wildman–Crippen LogP) is 4.35. The molecule has 8 atom stereocenters. The summed E-state index contributed by atoms with van der Waals surface area (Å²) in [6, 6.07) is 0. The number of aliphatic hydroxyl groups is 3. The van der Waals surface area contributed by atoms with E-state index in [0.29, 0.717) is 25.7 Å². The van der Waals surface area contributed by atoms with E-state index in [1.807, 2.05) is 19.1 Å². The van der Waals surface area contributed by atoms with Crippen molar-refractivity contribution < 1.29 is 20.1 Å². The Balaban J connectivity index is 1.97. The molecule has 172 valence electrons. The van der Waals surface area contributed by atoms with Gasteiger partial charge in [0.15, 0.2) is 0 Å². The van der Waals surface area contributed by atoms with Crippen LogP contribution in [0.5, 0.6) is 0 Å². The summed E-state index contributed by atoms with van der Waals surface area (Å²) in [5, 5.41) is 31.6. The van der Waals surface area contributed by atoms with E-state index in [1.165, 1.54) is 11.1 Å². The molecular weight excluding hydrogens is 388 g/mol. The molecule has 0 saturated heterocycles. The van der Waals surface area contributed by atoms with Crippen molar-refractivity contribution in [2.75, 3.05) is 0 Å². The van der Waals surface area contributed by atoms with E-state index in [2.05, 4.69) is 27.0 Å². The van der Waals surface area contributed by atoms with Gasteiger partial charge >= 0.3 is 0 Å². The number of allylic oxidation sites excluding steroid dienone is 4. The normalized spacial score (nSPS) is 44.8. The third-order valence-corrected chi connectivity index (χ3v) is 9.87. The van der Waals surface area contributed by atoms with E-state index in [1.54, 1.807) is 0 Å². The lowest BCUT2D eigenvalue weighted by molar-refractivity contribution is -0.160. The average molecular weight is 429 g/mol. The summed E-state index contributed by atoms with van der Waals surface area (Å²) < 4.78 is 0. The molecule has 0 aromatic carbocycles. The third kappa shape index (κ3) is 3.01. The third-order valence-electron chi connectivity index (χ3n) is 9.87. The molecule has 0 radical (unpaired) electrons. The molecule has 3 fully saturated rings. The molecule has 0 bridgehead atoms. The summed E-state index contributed by atoms with van der Waals surface area (Å²) in [5.74, 6) is 0.344. The number of rotatable bonds is 5. The predicted molar refractivity (Wildman–Crippen MR) is 122 cm³/mol. The maximum absolute atomic E-state index is 14.3. The Bertz CT molecular complexity index is 800. The highest BCUT2D eigenvalue weighted by Crippen LogP contribution is 2.69. The van der Waals surface area contributed by atoms with E-state index in [9.17, 15) is 20.1 Å². The molecule has 3 saturated carbocycles. The van der Waals surface area contributed by atoms with Crippen LogP contribution in [0, 0.1) is 34.0 Å². The Morgan fingerprint density at radius 1 is 1.10 bits per heavy atom. The SMILES string of the molecule is C=CCC1(CC=C)C(=O)[C@@H]2C[C@@H](O)[C@@H](O)C[C@]2(C)[C@H]2CC[C@@]3(C)C(=C21)CC[C@@H]3[C@@H](C)O. The maximum atomic E-state index is 14.3. The smallest absolute Gasteiger partial charge is 0.147 e. The lowest BCUT2D eigenvalue weighted by atomic mass is 9.42. The Morgan fingerprint density at radius 3 is 2.32 bits per heavy atom. The van der Waals surface area contributed by atoms with Crippen LogP contribution in [0.25, 0.3) is 0 Å². The molecule has 4 heteroatoms. The van der Waals surface area contributed by atoms with Gasteiger partial charge in [-0.15, -0.1) is 13.2 Å². The van der Waals surface area contributed by atoms with Crippen LogP contribution < -0.4 is 0 Å². The summed E-state index contributed by atoms with van der Waals surface area (Å²) in [4.78, 5) is 14.3. The number of hydrogen-bond donors (Lipinski definition) is 3. The van der Waals surface area contributed by atoms with Gasteiger partial charge in [0, 0.05) is 5.92 Å². The standard InChI is InChI=1S/C27H40O4/c1-6-11-27(12-7-2)23-18-9-8-17(16(3)28)25(18,4)13-10-19(23)26(5)15-22(30)21(29)14-20(26)24(27)31/h6-7,16-17,19-22,28-30H,1-2,8-15H2,3-5H3/t16-,17-,19+,20+,21-,22+,25-,26-/m1/s1. The number of hydrogen-bond acceptors (Lipinski definition) is 4. The van der Waals surface area contributed by atoms with Gasteiger partial charge < -0.3 is 15.3 Å². The molecule has 0 aromatic heterocycles. The Labute approximate surface area is 187 Å². The topological polar surface area (TPSA) is 77.8 Å². The van der Waals surface area contributed by atoms with Crippen molar-refractivity contribution in [3.63, 3.8) is 0 Å². The number of fused-ring (bicyclic) bond motifs is 4. The minimum Gasteiger partial charge on any atom is -0.393 e. The van der Waals surface area contributed by atoms with E-state index < -0.39 is 17.6 Å². The lowest BCUT2D eigenvalue weighted by Crippen LogP contribution is -2.61. The fourth-order valence-corrected chi connectivity index (χ4v) is 8.41. The zero-order valence-corrected chi connectivity index (χ0v) is 19.4. The van der Waals surface area contributed by atoms with Gasteiger partial charge in [-0.3, -0.25) is 4.79 Å². The van der Waals surface area contributed by atoms with Crippen LogP contribution in [0.3, 0.4) is 0 Å². The summed E-state index contributed by atoms with van der Waals surface area (Å²) >= 11 is 0. The molecule has 3 N–H and O–H groups in total. The number of aliphatic hydroxyl groups excluding tert-OH is 3. The summed E-state index contributed by atoms with van der Waals surface area (Å²) in [6.07, 6.45) is 7.52. The van der Waals surface area contributed by atoms with Crippen LogP contribution in [0.1, 0.15) is 72.1 Å². The maximum Gasteiger partial charge on any atom is 0.147 e. The largest absolute Gasteiger partial charge is 0.393 e. The van der Waals surface area contributed by atoms with Crippen LogP contribution in [0.2, 0.25) is 0 Å². The molecule has 4 rings (SSSR count). The van der Waals surface area contributed by atoms with E-state index in [4.69, 9.17) is 0 Å². The Morgan fingerprint density at radius 2 is 1.74 bits per heavy atom. The highest BCUT2D eigenvalue weighted by atomic mass is 16.3. The second kappa shape index (κ2) is 7.67. The summed E-state index contributed by atoms with van der Waals surface area (Å²) in [6.45, 7) is 14.4. The second-order valence-electron chi connectivity index (χ2n) is 11.4. The number of Topliss-reactive ketones (excluding diaryl/α,β-unsaturated/α-hetero) is 1. The van der Waals surface area contributed by atoms with E-state index in [0.717, 1.165) is 25.7 Å². The molecule has 4 aliphatic rings. The fraction of sp³-hybridized carbons (Fsp3) is 0.741. The molecule has 0 spiro atoms. The van der Waals surface area contributed by atoms with Gasteiger partial charge in [-0.1, -0.05) is 37.1 Å². The van der Waals surface area contributed by atoms with Gasteiger partial charge in [-0.25, -0.2) is 0 Å². The van der Waals surface area contributed by atoms with Crippen molar-refractivity contribution in [2.45, 2.75) is 90.4 Å². The van der Waals surface area contributed by atoms with Crippen molar-refractivity contribution in [3.8, 4) is 0 Å². The van der Waals surface area contributed by atoms with Crippen LogP contribution in [-0.2, 0) is 4.79 Å². The molecule has 0 heterocycles. The average Bonchev–Trinajstić information content (AvgIpc) is 3.05. The van der Waals surface area contributed by atoms with Crippen molar-refractivity contribution in [3.05, 3.63) is 36.5 Å². The van der Waals surface area contributed by atoms with Gasteiger partial charge in [0.25, 0.3) is 0 Å². The lowest BCUT2D eigenvalue weighted by Gasteiger charge is -2.61. The highest BCUT2D eigenvalue weighted by molar-refractivity contribution is 5.93. The van der Waals surface area contributed by atoms with Crippen LogP contribution in [0.4, 0.5) is 0 Å². The van der Waals surface area contributed by atoms with Crippen molar-refractivity contribution in [1.29, 1.82) is 0 Å². The minimum atomic E-state index is -0.846. The number of carbonyl (C=O) groups excluding carboxylic acids is 1. The van der Waals surface area contributed by atoms with Crippen LogP contribution in [-0.4, -0.2) is 39.4 Å². The van der Waals surface area contributed by atoms with Crippen molar-refractivity contribution in [2.24, 2.45) is 34.0 Å². The molecule has 31 heavy (non-hydrogen) atoms. The zero-order chi connectivity index (χ0) is 22.8. The van der Waals surface area contributed by atoms with Crippen LogP contribution in [0.15, 0.2) is 36.5 Å². The molecule has 0 aromatic rings. The molecule has 0 aliphatic heterocycles. The minimum absolute atomic E-state index is 0.0934. The zero-order valence-electron chi connectivity index (χ0n) is 19.4. The quantitative estimate of drug-likeness (QED) is 0.569. The Hall–Kier alpha value is -1.23. The fourth-order valence-electron chi connectivity index (χ4n) is 8.41. The van der Waals surface area contributed by atoms with E-state index >= 15 is 0 Å². The molecule has 4 aliphatic carbocycles. The van der Waals surface area contributed by atoms with Gasteiger partial charge in [0.2, 0.25) is 0 Å². The molecular formula is C27H40O4. The first-order valence-electron chi connectivity index (χ1n) is 12.1. The first-order chi connectivity index (χ1) is 14.6. The van der Waals surface area contributed by atoms with Gasteiger partial charge in [-0.2, -0.15) is 0 Å². The van der Waals surface area contributed by atoms with Crippen LogP contribution >= 0.6 is 0 Å². The highest BCUT2D eigenvalue weighted by Gasteiger charge is 2.65. The molecule has 4 nitrogen and oxygen atoms in total. The van der Waals surface area contributed by atoms with Gasteiger partial charge in [-0.05, 0) is 81.0 Å². The summed E-state index contributed by atoms with van der Waals surface area (Å²) in [7, 11) is 0. The second-order valence-corrected chi connectivity index (χ2v) is 11.4.